The Hall–Kier alpha value is -2.36. The minimum atomic E-state index is -0.444. The molecule has 0 aliphatic rings. The molecule has 1 amide bonds. The van der Waals surface area contributed by atoms with Gasteiger partial charge in [-0.3, -0.25) is 4.79 Å². The first-order chi connectivity index (χ1) is 8.58. The first kappa shape index (κ1) is 12.1. The van der Waals surface area contributed by atoms with Gasteiger partial charge in [-0.25, -0.2) is 4.39 Å². The van der Waals surface area contributed by atoms with Gasteiger partial charge in [-0.2, -0.15) is 0 Å². The maximum absolute atomic E-state index is 13.0. The number of phenols is 1. The highest BCUT2D eigenvalue weighted by molar-refractivity contribution is 6.05. The average molecular weight is 245 g/mol. The number of rotatable bonds is 2. The number of aromatic hydroxyl groups is 1. The quantitative estimate of drug-likeness (QED) is 0.883. The van der Waals surface area contributed by atoms with E-state index in [1.54, 1.807) is 25.2 Å². The summed E-state index contributed by atoms with van der Waals surface area (Å²) in [5.41, 5.74) is 0.910. The largest absolute Gasteiger partial charge is 0.508 e. The normalized spacial score (nSPS) is 10.1. The van der Waals surface area contributed by atoms with Gasteiger partial charge in [-0.15, -0.1) is 0 Å². The smallest absolute Gasteiger partial charge is 0.258 e. The van der Waals surface area contributed by atoms with Gasteiger partial charge in [0.15, 0.2) is 0 Å². The van der Waals surface area contributed by atoms with Gasteiger partial charge in [0.2, 0.25) is 0 Å². The molecule has 0 spiro atoms. The van der Waals surface area contributed by atoms with Crippen molar-refractivity contribution in [2.24, 2.45) is 0 Å². The van der Waals surface area contributed by atoms with E-state index in [1.165, 1.54) is 35.2 Å². The lowest BCUT2D eigenvalue weighted by Gasteiger charge is -2.17. The van der Waals surface area contributed by atoms with Crippen molar-refractivity contribution in [1.29, 1.82) is 0 Å². The number of benzene rings is 2. The van der Waals surface area contributed by atoms with E-state index < -0.39 is 5.82 Å². The Labute approximate surface area is 104 Å². The Morgan fingerprint density at radius 1 is 1.17 bits per heavy atom. The minimum Gasteiger partial charge on any atom is -0.508 e. The fraction of sp³-hybridized carbons (Fsp3) is 0.0714. The Morgan fingerprint density at radius 2 is 1.83 bits per heavy atom. The molecule has 0 radical (unpaired) electrons. The summed E-state index contributed by atoms with van der Waals surface area (Å²) in [6.45, 7) is 0. The van der Waals surface area contributed by atoms with Gasteiger partial charge in [-0.05, 0) is 42.5 Å². The van der Waals surface area contributed by atoms with E-state index in [9.17, 15) is 14.3 Å². The van der Waals surface area contributed by atoms with Gasteiger partial charge in [0.25, 0.3) is 5.91 Å². The molecule has 0 aliphatic carbocycles. The lowest BCUT2D eigenvalue weighted by Crippen LogP contribution is -2.26. The predicted octanol–water partition coefficient (Wildman–Crippen LogP) is 2.81. The lowest BCUT2D eigenvalue weighted by atomic mass is 10.2. The molecular weight excluding hydrogens is 233 g/mol. The van der Waals surface area contributed by atoms with Crippen LogP contribution in [0.25, 0.3) is 0 Å². The third kappa shape index (κ3) is 2.48. The molecule has 4 heteroatoms. The van der Waals surface area contributed by atoms with Crippen LogP contribution in [-0.2, 0) is 0 Å². The topological polar surface area (TPSA) is 40.5 Å². The van der Waals surface area contributed by atoms with E-state index in [2.05, 4.69) is 0 Å². The van der Waals surface area contributed by atoms with Crippen molar-refractivity contribution in [3.8, 4) is 5.75 Å². The summed E-state index contributed by atoms with van der Waals surface area (Å²) in [5, 5.41) is 9.18. The van der Waals surface area contributed by atoms with Crippen LogP contribution < -0.4 is 4.90 Å². The second-order valence-electron chi connectivity index (χ2n) is 3.89. The van der Waals surface area contributed by atoms with Crippen molar-refractivity contribution in [3.63, 3.8) is 0 Å². The molecule has 0 aromatic heterocycles. The van der Waals surface area contributed by atoms with Crippen LogP contribution in [0.5, 0.6) is 5.75 Å². The number of hydrogen-bond acceptors (Lipinski definition) is 2. The highest BCUT2D eigenvalue weighted by Gasteiger charge is 2.13. The predicted molar refractivity (Wildman–Crippen MR) is 67.2 cm³/mol. The number of carbonyl (C=O) groups is 1. The lowest BCUT2D eigenvalue weighted by molar-refractivity contribution is 0.0992. The molecule has 2 rings (SSSR count). The number of phenolic OH excluding ortho intramolecular Hbond substituents is 1. The second kappa shape index (κ2) is 4.87. The molecule has 3 nitrogen and oxygen atoms in total. The molecule has 0 atom stereocenters. The Kier molecular flexibility index (Phi) is 3.28. The van der Waals surface area contributed by atoms with Crippen molar-refractivity contribution < 1.29 is 14.3 Å². The summed E-state index contributed by atoms with van der Waals surface area (Å²) in [7, 11) is 1.60. The van der Waals surface area contributed by atoms with Crippen LogP contribution in [0.2, 0.25) is 0 Å². The van der Waals surface area contributed by atoms with Crippen LogP contribution in [0.15, 0.2) is 48.5 Å². The third-order valence-corrected chi connectivity index (χ3v) is 2.61. The van der Waals surface area contributed by atoms with Crippen molar-refractivity contribution in [2.75, 3.05) is 11.9 Å². The molecule has 0 fully saturated rings. The number of anilines is 1. The van der Waals surface area contributed by atoms with Gasteiger partial charge in [0.1, 0.15) is 11.6 Å². The molecule has 0 saturated carbocycles. The molecule has 92 valence electrons. The fourth-order valence-corrected chi connectivity index (χ4v) is 1.61. The maximum atomic E-state index is 13.0. The van der Waals surface area contributed by atoms with Gasteiger partial charge in [0, 0.05) is 18.3 Å². The molecule has 0 bridgehead atoms. The zero-order chi connectivity index (χ0) is 13.1. The summed E-state index contributed by atoms with van der Waals surface area (Å²) in [4.78, 5) is 13.5. The zero-order valence-electron chi connectivity index (χ0n) is 9.80. The second-order valence-corrected chi connectivity index (χ2v) is 3.89. The standard InChI is InChI=1S/C14H12FNO2/c1-16(12-5-7-13(17)8-6-12)14(18)10-3-2-4-11(15)9-10/h2-9,17H,1H3. The molecule has 18 heavy (non-hydrogen) atoms. The van der Waals surface area contributed by atoms with Gasteiger partial charge in [-0.1, -0.05) is 6.07 Å². The molecule has 2 aromatic carbocycles. The Balaban J connectivity index is 2.26. The monoisotopic (exact) mass is 245 g/mol. The number of amides is 1. The highest BCUT2D eigenvalue weighted by Crippen LogP contribution is 2.19. The summed E-state index contributed by atoms with van der Waals surface area (Å²) >= 11 is 0. The van der Waals surface area contributed by atoms with Crippen molar-refractivity contribution in [3.05, 3.63) is 59.9 Å². The van der Waals surface area contributed by atoms with Crippen molar-refractivity contribution in [2.45, 2.75) is 0 Å². The summed E-state index contributed by atoms with van der Waals surface area (Å²) < 4.78 is 13.0. The van der Waals surface area contributed by atoms with Gasteiger partial charge < -0.3 is 10.0 Å². The highest BCUT2D eigenvalue weighted by atomic mass is 19.1. The van der Waals surface area contributed by atoms with Crippen LogP contribution in [0, 0.1) is 5.82 Å². The van der Waals surface area contributed by atoms with E-state index in [0.29, 0.717) is 5.69 Å². The van der Waals surface area contributed by atoms with Gasteiger partial charge >= 0.3 is 0 Å². The van der Waals surface area contributed by atoms with E-state index in [1.807, 2.05) is 0 Å². The molecular formula is C14H12FNO2. The van der Waals surface area contributed by atoms with Crippen LogP contribution in [0.3, 0.4) is 0 Å². The number of carbonyl (C=O) groups excluding carboxylic acids is 1. The molecule has 1 N–H and O–H groups in total. The molecule has 0 unspecified atom stereocenters. The first-order valence-electron chi connectivity index (χ1n) is 5.40. The van der Waals surface area contributed by atoms with E-state index >= 15 is 0 Å². The molecule has 0 saturated heterocycles. The van der Waals surface area contributed by atoms with Crippen molar-refractivity contribution in [1.82, 2.24) is 0 Å². The Morgan fingerprint density at radius 3 is 2.44 bits per heavy atom. The minimum absolute atomic E-state index is 0.130. The van der Waals surface area contributed by atoms with Crippen LogP contribution in [0.1, 0.15) is 10.4 Å². The third-order valence-electron chi connectivity index (χ3n) is 2.61. The van der Waals surface area contributed by atoms with Crippen LogP contribution >= 0.6 is 0 Å². The van der Waals surface area contributed by atoms with E-state index in [4.69, 9.17) is 0 Å². The number of hydrogen-bond donors (Lipinski definition) is 1. The first-order valence-corrected chi connectivity index (χ1v) is 5.40. The molecule has 0 heterocycles. The zero-order valence-corrected chi connectivity index (χ0v) is 9.80. The average Bonchev–Trinajstić information content (AvgIpc) is 2.38. The SMILES string of the molecule is CN(C(=O)c1cccc(F)c1)c1ccc(O)cc1. The summed E-state index contributed by atoms with van der Waals surface area (Å²) in [6, 6.07) is 11.8. The maximum Gasteiger partial charge on any atom is 0.258 e. The molecule has 0 aliphatic heterocycles. The number of nitrogens with zero attached hydrogens (tertiary/aromatic N) is 1. The van der Waals surface area contributed by atoms with Crippen molar-refractivity contribution >= 4 is 11.6 Å². The van der Waals surface area contributed by atoms with Crippen LogP contribution in [0.4, 0.5) is 10.1 Å². The number of halogens is 1. The van der Waals surface area contributed by atoms with Crippen LogP contribution in [-0.4, -0.2) is 18.1 Å². The fourth-order valence-electron chi connectivity index (χ4n) is 1.61. The van der Waals surface area contributed by atoms with E-state index in [-0.39, 0.29) is 17.2 Å². The molecule has 2 aromatic rings. The summed E-state index contributed by atoms with van der Waals surface area (Å²) in [6.07, 6.45) is 0. The summed E-state index contributed by atoms with van der Waals surface area (Å²) in [5.74, 6) is -0.620. The Bertz CT molecular complexity index is 566. The van der Waals surface area contributed by atoms with Gasteiger partial charge in [0.05, 0.1) is 0 Å². The van der Waals surface area contributed by atoms with E-state index in [0.717, 1.165) is 0 Å².